The highest BCUT2D eigenvalue weighted by Gasteiger charge is 2.27. The van der Waals surface area contributed by atoms with Gasteiger partial charge in [0.05, 0.1) is 0 Å². The number of carboxylic acids is 1. The fourth-order valence-electron chi connectivity index (χ4n) is 3.46. The number of benzene rings is 2. The first kappa shape index (κ1) is 22.9. The maximum absolute atomic E-state index is 12.8. The summed E-state index contributed by atoms with van der Waals surface area (Å²) in [5, 5.41) is 15.7. The number of aliphatic carboxylic acids is 1. The molecule has 2 aromatic carbocycles. The van der Waals surface area contributed by atoms with Gasteiger partial charge < -0.3 is 25.5 Å². The number of fused-ring (bicyclic) bond motifs is 1. The molecule has 0 fully saturated rings. The molecule has 168 valence electrons. The lowest BCUT2D eigenvalue weighted by atomic mass is 10.0. The zero-order valence-corrected chi connectivity index (χ0v) is 17.8. The molecule has 1 heterocycles. The molecule has 0 radical (unpaired) electrons. The quantitative estimate of drug-likeness (QED) is 0.388. The van der Waals surface area contributed by atoms with Crippen molar-refractivity contribution < 1.29 is 24.2 Å². The lowest BCUT2D eigenvalue weighted by Crippen LogP contribution is -2.52. The van der Waals surface area contributed by atoms with E-state index in [0.29, 0.717) is 12.8 Å². The van der Waals surface area contributed by atoms with Crippen molar-refractivity contribution in [2.24, 2.45) is 0 Å². The topological polar surface area (TPSA) is 121 Å². The van der Waals surface area contributed by atoms with Crippen LogP contribution in [0.5, 0.6) is 0 Å². The van der Waals surface area contributed by atoms with Gasteiger partial charge in [-0.2, -0.15) is 0 Å². The number of nitrogens with one attached hydrogen (secondary N) is 3. The van der Waals surface area contributed by atoms with Crippen molar-refractivity contribution in [1.82, 2.24) is 15.6 Å². The highest BCUT2D eigenvalue weighted by Crippen LogP contribution is 2.19. The monoisotopic (exact) mass is 437 g/mol. The average Bonchev–Trinajstić information content (AvgIpc) is 3.20. The van der Waals surface area contributed by atoms with Crippen molar-refractivity contribution in [3.8, 4) is 0 Å². The van der Waals surface area contributed by atoms with E-state index in [1.54, 1.807) is 6.20 Å². The Morgan fingerprint density at radius 3 is 2.44 bits per heavy atom. The van der Waals surface area contributed by atoms with Crippen LogP contribution in [0.25, 0.3) is 10.9 Å². The summed E-state index contributed by atoms with van der Waals surface area (Å²) >= 11 is 0. The Kier molecular flexibility index (Phi) is 7.85. The second-order valence-corrected chi connectivity index (χ2v) is 7.51. The van der Waals surface area contributed by atoms with Gasteiger partial charge in [-0.3, -0.25) is 4.79 Å². The molecule has 0 aliphatic rings. The number of amides is 2. The van der Waals surface area contributed by atoms with Crippen LogP contribution in [0.1, 0.15) is 30.9 Å². The molecule has 2 amide bonds. The molecule has 0 saturated heterocycles. The second kappa shape index (κ2) is 11.0. The van der Waals surface area contributed by atoms with Crippen LogP contribution < -0.4 is 10.6 Å². The minimum Gasteiger partial charge on any atom is -0.480 e. The maximum Gasteiger partial charge on any atom is 0.408 e. The van der Waals surface area contributed by atoms with Gasteiger partial charge >= 0.3 is 12.1 Å². The Balaban J connectivity index is 1.62. The van der Waals surface area contributed by atoms with Crippen LogP contribution in [-0.2, 0) is 27.4 Å². The van der Waals surface area contributed by atoms with Crippen molar-refractivity contribution in [3.63, 3.8) is 0 Å². The van der Waals surface area contributed by atoms with Gasteiger partial charge in [-0.25, -0.2) is 9.59 Å². The van der Waals surface area contributed by atoms with Crippen LogP contribution in [0.3, 0.4) is 0 Å². The minimum atomic E-state index is -1.15. The van der Waals surface area contributed by atoms with Crippen molar-refractivity contribution in [2.75, 3.05) is 0 Å². The maximum atomic E-state index is 12.8. The van der Waals surface area contributed by atoms with E-state index in [9.17, 15) is 19.5 Å². The summed E-state index contributed by atoms with van der Waals surface area (Å²) in [6.07, 6.45) is 2.10. The lowest BCUT2D eigenvalue weighted by molar-refractivity contribution is -0.142. The minimum absolute atomic E-state index is 0.0749. The Morgan fingerprint density at radius 1 is 1.00 bits per heavy atom. The van der Waals surface area contributed by atoms with E-state index < -0.39 is 30.1 Å². The predicted molar refractivity (Wildman–Crippen MR) is 120 cm³/mol. The number of hydrogen-bond acceptors (Lipinski definition) is 4. The van der Waals surface area contributed by atoms with Crippen molar-refractivity contribution in [2.45, 2.75) is 44.9 Å². The van der Waals surface area contributed by atoms with Gasteiger partial charge in [0.1, 0.15) is 18.7 Å². The summed E-state index contributed by atoms with van der Waals surface area (Å²) in [5.41, 5.74) is 2.50. The Bertz CT molecular complexity index is 1060. The first-order valence-electron chi connectivity index (χ1n) is 10.5. The van der Waals surface area contributed by atoms with E-state index in [4.69, 9.17) is 4.74 Å². The number of aromatic nitrogens is 1. The Hall–Kier alpha value is -3.81. The highest BCUT2D eigenvalue weighted by atomic mass is 16.5. The Labute approximate surface area is 186 Å². The molecule has 0 saturated carbocycles. The third-order valence-electron chi connectivity index (χ3n) is 5.11. The fourth-order valence-corrected chi connectivity index (χ4v) is 3.46. The first-order chi connectivity index (χ1) is 15.5. The molecule has 8 nitrogen and oxygen atoms in total. The Morgan fingerprint density at radius 2 is 1.72 bits per heavy atom. The molecule has 0 bridgehead atoms. The number of carbonyl (C=O) groups excluding carboxylic acids is 2. The standard InChI is InChI=1S/C24H27N3O5/c1-2-8-20(27-24(31)32-15-16-9-4-3-5-10-16)22(28)26-21(23(29)30)13-17-14-25-19-12-7-6-11-18(17)19/h3-7,9-12,14,20-21,25H,2,8,13,15H2,1H3,(H,26,28)(H,27,31)(H,29,30)/t20-,21+/m0/s1. The molecule has 2 atom stereocenters. The molecular formula is C24H27N3O5. The molecule has 0 spiro atoms. The van der Waals surface area contributed by atoms with Crippen LogP contribution >= 0.6 is 0 Å². The fraction of sp³-hybridized carbons (Fsp3) is 0.292. The number of H-pyrrole nitrogens is 1. The summed E-state index contributed by atoms with van der Waals surface area (Å²) in [7, 11) is 0. The number of para-hydroxylation sites is 1. The number of hydrogen-bond donors (Lipinski definition) is 4. The molecular weight excluding hydrogens is 410 g/mol. The number of alkyl carbamates (subject to hydrolysis) is 1. The molecule has 1 aromatic heterocycles. The highest BCUT2D eigenvalue weighted by molar-refractivity contribution is 5.90. The lowest BCUT2D eigenvalue weighted by Gasteiger charge is -2.21. The zero-order valence-electron chi connectivity index (χ0n) is 17.8. The number of carboxylic acid groups (broad SMARTS) is 1. The van der Waals surface area contributed by atoms with E-state index >= 15 is 0 Å². The number of rotatable bonds is 10. The SMILES string of the molecule is CCC[C@H](NC(=O)OCc1ccccc1)C(=O)N[C@H](Cc1c[nH]c2ccccc12)C(=O)O. The largest absolute Gasteiger partial charge is 0.480 e. The van der Waals surface area contributed by atoms with E-state index in [1.807, 2.05) is 61.5 Å². The van der Waals surface area contributed by atoms with Gasteiger partial charge in [-0.15, -0.1) is 0 Å². The smallest absolute Gasteiger partial charge is 0.408 e. The molecule has 3 aromatic rings. The summed E-state index contributed by atoms with van der Waals surface area (Å²) in [6.45, 7) is 1.95. The summed E-state index contributed by atoms with van der Waals surface area (Å²) < 4.78 is 5.19. The van der Waals surface area contributed by atoms with Crippen molar-refractivity contribution >= 4 is 28.9 Å². The molecule has 4 N–H and O–H groups in total. The van der Waals surface area contributed by atoms with Gasteiger partial charge in [0.15, 0.2) is 0 Å². The van der Waals surface area contributed by atoms with Crippen molar-refractivity contribution in [1.29, 1.82) is 0 Å². The molecule has 3 rings (SSSR count). The molecule has 8 heteroatoms. The van der Waals surface area contributed by atoms with Crippen LogP contribution in [0.2, 0.25) is 0 Å². The van der Waals surface area contributed by atoms with Crippen molar-refractivity contribution in [3.05, 3.63) is 71.9 Å². The van der Waals surface area contributed by atoms with Crippen LogP contribution in [0.4, 0.5) is 4.79 Å². The molecule has 0 aliphatic heterocycles. The van der Waals surface area contributed by atoms with E-state index in [1.165, 1.54) is 0 Å². The van der Waals surface area contributed by atoms with Crippen LogP contribution in [0, 0.1) is 0 Å². The summed E-state index contributed by atoms with van der Waals surface area (Å²) in [4.78, 5) is 39.9. The number of ether oxygens (including phenoxy) is 1. The van der Waals surface area contributed by atoms with Gasteiger partial charge in [-0.05, 0) is 23.6 Å². The van der Waals surface area contributed by atoms with E-state index in [2.05, 4.69) is 15.6 Å². The second-order valence-electron chi connectivity index (χ2n) is 7.51. The third kappa shape index (κ3) is 6.10. The first-order valence-corrected chi connectivity index (χ1v) is 10.5. The van der Waals surface area contributed by atoms with E-state index in [0.717, 1.165) is 22.0 Å². The molecule has 32 heavy (non-hydrogen) atoms. The number of carbonyl (C=O) groups is 3. The molecule has 0 aliphatic carbocycles. The van der Waals surface area contributed by atoms with Crippen LogP contribution in [-0.4, -0.2) is 40.1 Å². The number of aromatic amines is 1. The normalized spacial score (nSPS) is 12.7. The van der Waals surface area contributed by atoms with Crippen LogP contribution in [0.15, 0.2) is 60.8 Å². The summed E-state index contributed by atoms with van der Waals surface area (Å²) in [5.74, 6) is -1.71. The third-order valence-corrected chi connectivity index (χ3v) is 5.11. The van der Waals surface area contributed by atoms with Gasteiger partial charge in [-0.1, -0.05) is 61.9 Å². The summed E-state index contributed by atoms with van der Waals surface area (Å²) in [6, 6.07) is 14.7. The molecule has 0 unspecified atom stereocenters. The van der Waals surface area contributed by atoms with Gasteiger partial charge in [0, 0.05) is 23.5 Å². The van der Waals surface area contributed by atoms with Gasteiger partial charge in [0.25, 0.3) is 0 Å². The average molecular weight is 437 g/mol. The van der Waals surface area contributed by atoms with Gasteiger partial charge in [0.2, 0.25) is 5.91 Å². The zero-order chi connectivity index (χ0) is 22.9. The van der Waals surface area contributed by atoms with E-state index in [-0.39, 0.29) is 13.0 Å². The predicted octanol–water partition coefficient (Wildman–Crippen LogP) is 3.37.